The molecule has 1 amide bonds. The molecule has 0 spiro atoms. The molecule has 1 aromatic carbocycles. The summed E-state index contributed by atoms with van der Waals surface area (Å²) in [6, 6.07) is 6.04. The Hall–Kier alpha value is -2.32. The van der Waals surface area contributed by atoms with Crippen LogP contribution in [0.5, 0.6) is 0 Å². The van der Waals surface area contributed by atoms with E-state index in [1.807, 2.05) is 0 Å². The minimum atomic E-state index is -0.291. The molecule has 162 valence electrons. The molecule has 30 heavy (non-hydrogen) atoms. The second-order valence-corrected chi connectivity index (χ2v) is 8.26. The summed E-state index contributed by atoms with van der Waals surface area (Å²) in [5, 5.41) is 7.11. The number of amides is 1. The lowest BCUT2D eigenvalue weighted by molar-refractivity contribution is -0.126. The monoisotopic (exact) mass is 415 g/mol. The molecule has 4 rings (SSSR count). The third-order valence-electron chi connectivity index (χ3n) is 6.04. The van der Waals surface area contributed by atoms with Crippen LogP contribution in [0.2, 0.25) is 0 Å². The molecular formula is C22H30FN5O2. The number of benzene rings is 1. The molecule has 7 nitrogen and oxygen atoms in total. The van der Waals surface area contributed by atoms with Gasteiger partial charge in [-0.2, -0.15) is 4.98 Å². The van der Waals surface area contributed by atoms with Crippen molar-refractivity contribution in [1.82, 2.24) is 25.3 Å². The van der Waals surface area contributed by atoms with E-state index in [1.165, 1.54) is 38.1 Å². The molecule has 8 heteroatoms. The van der Waals surface area contributed by atoms with Gasteiger partial charge in [-0.3, -0.25) is 9.69 Å². The van der Waals surface area contributed by atoms with E-state index in [1.54, 1.807) is 12.1 Å². The Labute approximate surface area is 176 Å². The number of likely N-dealkylation sites (tertiary alicyclic amines) is 2. The van der Waals surface area contributed by atoms with E-state index in [-0.39, 0.29) is 17.6 Å². The van der Waals surface area contributed by atoms with Crippen molar-refractivity contribution in [3.05, 3.63) is 36.0 Å². The van der Waals surface area contributed by atoms with Crippen molar-refractivity contribution in [2.24, 2.45) is 5.92 Å². The van der Waals surface area contributed by atoms with E-state index in [9.17, 15) is 9.18 Å². The van der Waals surface area contributed by atoms with Crippen LogP contribution in [0.25, 0.3) is 11.4 Å². The summed E-state index contributed by atoms with van der Waals surface area (Å²) in [7, 11) is 0. The van der Waals surface area contributed by atoms with E-state index in [2.05, 4.69) is 25.3 Å². The summed E-state index contributed by atoms with van der Waals surface area (Å²) in [5.74, 6) is 0.992. The van der Waals surface area contributed by atoms with Gasteiger partial charge < -0.3 is 14.7 Å². The highest BCUT2D eigenvalue weighted by Crippen LogP contribution is 2.21. The first-order valence-corrected chi connectivity index (χ1v) is 11.0. The van der Waals surface area contributed by atoms with Crippen molar-refractivity contribution in [2.45, 2.75) is 38.6 Å². The van der Waals surface area contributed by atoms with Crippen molar-refractivity contribution in [3.63, 3.8) is 0 Å². The van der Waals surface area contributed by atoms with Crippen molar-refractivity contribution in [1.29, 1.82) is 0 Å². The van der Waals surface area contributed by atoms with Gasteiger partial charge in [0.2, 0.25) is 17.6 Å². The molecule has 2 aliphatic heterocycles. The Kier molecular flexibility index (Phi) is 7.07. The third kappa shape index (κ3) is 5.64. The lowest BCUT2D eigenvalue weighted by atomic mass is 9.96. The van der Waals surface area contributed by atoms with Gasteiger partial charge in [-0.05, 0) is 89.1 Å². The van der Waals surface area contributed by atoms with Gasteiger partial charge in [0.05, 0.1) is 6.54 Å². The van der Waals surface area contributed by atoms with Crippen LogP contribution < -0.4 is 5.32 Å². The topological polar surface area (TPSA) is 74.5 Å². The van der Waals surface area contributed by atoms with Crippen LogP contribution in [0, 0.1) is 11.7 Å². The number of aromatic nitrogens is 2. The van der Waals surface area contributed by atoms with Gasteiger partial charge in [0.25, 0.3) is 0 Å². The number of piperidine rings is 1. The van der Waals surface area contributed by atoms with Crippen molar-refractivity contribution >= 4 is 5.91 Å². The zero-order valence-corrected chi connectivity index (χ0v) is 17.4. The van der Waals surface area contributed by atoms with Gasteiger partial charge in [-0.25, -0.2) is 4.39 Å². The summed E-state index contributed by atoms with van der Waals surface area (Å²) in [6.45, 7) is 6.50. The first-order valence-electron chi connectivity index (χ1n) is 11.0. The lowest BCUT2D eigenvalue weighted by Gasteiger charge is -2.30. The molecule has 0 atom stereocenters. The predicted molar refractivity (Wildman–Crippen MR) is 111 cm³/mol. The smallest absolute Gasteiger partial charge is 0.241 e. The Morgan fingerprint density at radius 3 is 2.57 bits per heavy atom. The fourth-order valence-electron chi connectivity index (χ4n) is 4.24. The molecule has 2 aliphatic rings. The summed E-state index contributed by atoms with van der Waals surface area (Å²) < 4.78 is 18.4. The minimum absolute atomic E-state index is 0.0884. The number of carbonyl (C=O) groups excluding carboxylic acids is 1. The first kappa shape index (κ1) is 20.9. The number of rotatable bonds is 8. The highest BCUT2D eigenvalue weighted by Gasteiger charge is 2.26. The fourth-order valence-corrected chi connectivity index (χ4v) is 4.24. The minimum Gasteiger partial charge on any atom is -0.356 e. The zero-order valence-electron chi connectivity index (χ0n) is 17.4. The Morgan fingerprint density at radius 2 is 1.83 bits per heavy atom. The van der Waals surface area contributed by atoms with Gasteiger partial charge in [-0.15, -0.1) is 0 Å². The normalized spacial score (nSPS) is 18.7. The van der Waals surface area contributed by atoms with Gasteiger partial charge in [-0.1, -0.05) is 5.16 Å². The maximum Gasteiger partial charge on any atom is 0.241 e. The summed E-state index contributed by atoms with van der Waals surface area (Å²) in [4.78, 5) is 21.6. The summed E-state index contributed by atoms with van der Waals surface area (Å²) in [6.07, 6.45) is 5.33. The quantitative estimate of drug-likeness (QED) is 0.669. The highest BCUT2D eigenvalue weighted by molar-refractivity contribution is 5.78. The van der Waals surface area contributed by atoms with E-state index in [0.29, 0.717) is 18.3 Å². The lowest BCUT2D eigenvalue weighted by Crippen LogP contribution is -2.40. The van der Waals surface area contributed by atoms with E-state index < -0.39 is 0 Å². The van der Waals surface area contributed by atoms with Crippen molar-refractivity contribution < 1.29 is 13.7 Å². The van der Waals surface area contributed by atoms with Crippen molar-refractivity contribution in [3.8, 4) is 11.4 Å². The molecule has 3 heterocycles. The Morgan fingerprint density at radius 1 is 1.10 bits per heavy atom. The van der Waals surface area contributed by atoms with E-state index in [0.717, 1.165) is 51.0 Å². The number of carbonyl (C=O) groups is 1. The number of hydrogen-bond donors (Lipinski definition) is 1. The Balaban J connectivity index is 1.16. The number of hydrogen-bond acceptors (Lipinski definition) is 6. The Bertz CT molecular complexity index is 811. The second-order valence-electron chi connectivity index (χ2n) is 8.26. The number of nitrogens with one attached hydrogen (secondary N) is 1. The van der Waals surface area contributed by atoms with Crippen LogP contribution in [-0.2, 0) is 11.3 Å². The van der Waals surface area contributed by atoms with Gasteiger partial charge in [0, 0.05) is 18.0 Å². The van der Waals surface area contributed by atoms with Crippen LogP contribution in [0.1, 0.15) is 38.0 Å². The second kappa shape index (κ2) is 10.1. The molecule has 0 saturated carbocycles. The van der Waals surface area contributed by atoms with Crippen LogP contribution in [-0.4, -0.2) is 65.1 Å². The van der Waals surface area contributed by atoms with E-state index in [4.69, 9.17) is 4.52 Å². The molecule has 1 aromatic heterocycles. The number of nitrogens with zero attached hydrogens (tertiary/aromatic N) is 4. The zero-order chi connectivity index (χ0) is 20.8. The largest absolute Gasteiger partial charge is 0.356 e. The predicted octanol–water partition coefficient (Wildman–Crippen LogP) is 2.69. The molecule has 0 aliphatic carbocycles. The summed E-state index contributed by atoms with van der Waals surface area (Å²) in [5.41, 5.74) is 0.728. The summed E-state index contributed by atoms with van der Waals surface area (Å²) >= 11 is 0. The fraction of sp³-hybridized carbons (Fsp3) is 0.591. The molecule has 0 unspecified atom stereocenters. The SMILES string of the molecule is O=C(NCCCN1CCCC1)C1CCN(Cc2nc(-c3ccc(F)cc3)no2)CC1. The first-order chi connectivity index (χ1) is 14.7. The number of halogens is 1. The standard InChI is InChI=1S/C22H30FN5O2/c23-19-6-4-17(5-7-19)21-25-20(30-26-21)16-28-14-8-18(9-15-28)22(29)24-10-3-13-27-11-1-2-12-27/h4-7,18H,1-3,8-16H2,(H,24,29). The molecular weight excluding hydrogens is 385 g/mol. The molecule has 2 saturated heterocycles. The average molecular weight is 416 g/mol. The molecule has 0 bridgehead atoms. The molecule has 1 N–H and O–H groups in total. The van der Waals surface area contributed by atoms with Crippen LogP contribution in [0.3, 0.4) is 0 Å². The van der Waals surface area contributed by atoms with Crippen LogP contribution >= 0.6 is 0 Å². The maximum absolute atomic E-state index is 13.1. The van der Waals surface area contributed by atoms with Gasteiger partial charge >= 0.3 is 0 Å². The van der Waals surface area contributed by atoms with Gasteiger partial charge in [0.15, 0.2) is 0 Å². The highest BCUT2D eigenvalue weighted by atomic mass is 19.1. The van der Waals surface area contributed by atoms with Crippen molar-refractivity contribution in [2.75, 3.05) is 39.3 Å². The van der Waals surface area contributed by atoms with Gasteiger partial charge in [0.1, 0.15) is 5.82 Å². The molecule has 2 aromatic rings. The molecule has 0 radical (unpaired) electrons. The van der Waals surface area contributed by atoms with Crippen LogP contribution in [0.15, 0.2) is 28.8 Å². The third-order valence-corrected chi connectivity index (χ3v) is 6.04. The average Bonchev–Trinajstić information content (AvgIpc) is 3.44. The van der Waals surface area contributed by atoms with Crippen LogP contribution in [0.4, 0.5) is 4.39 Å². The van der Waals surface area contributed by atoms with E-state index >= 15 is 0 Å². The molecule has 2 fully saturated rings. The maximum atomic E-state index is 13.1.